The quantitative estimate of drug-likeness (QED) is 0.906. The molecule has 4 nitrogen and oxygen atoms in total. The minimum atomic E-state index is -1.11. The van der Waals surface area contributed by atoms with E-state index in [-0.39, 0.29) is 24.3 Å². The second-order valence-electron chi connectivity index (χ2n) is 4.93. The number of carboxylic acid groups (broad SMARTS) is 1. The van der Waals surface area contributed by atoms with Crippen molar-refractivity contribution < 1.29 is 23.5 Å². The number of aliphatic carboxylic acids is 1. The van der Waals surface area contributed by atoms with Gasteiger partial charge in [-0.1, -0.05) is 12.1 Å². The molecule has 0 radical (unpaired) electrons. The summed E-state index contributed by atoms with van der Waals surface area (Å²) in [6, 6.07) is 2.62. The number of nitrogens with zero attached hydrogens (tertiary/aromatic N) is 1. The third kappa shape index (κ3) is 2.50. The first-order valence-corrected chi connectivity index (χ1v) is 6.36. The van der Waals surface area contributed by atoms with Crippen molar-refractivity contribution in [2.24, 2.45) is 5.92 Å². The minimum absolute atomic E-state index is 0.0878. The smallest absolute Gasteiger partial charge is 0.308 e. The lowest BCUT2D eigenvalue weighted by Crippen LogP contribution is -2.36. The SMILES string of the molecule is CN1C(=O)CCCC(C(=O)O)C1c1cccc(F)c1F. The maximum Gasteiger partial charge on any atom is 0.308 e. The predicted octanol–water partition coefficient (Wildman–Crippen LogP) is 2.35. The van der Waals surface area contributed by atoms with Crippen LogP contribution in [0.25, 0.3) is 0 Å². The summed E-state index contributed by atoms with van der Waals surface area (Å²) in [5.74, 6) is -4.45. The van der Waals surface area contributed by atoms with Crippen LogP contribution >= 0.6 is 0 Å². The van der Waals surface area contributed by atoms with Crippen LogP contribution in [0.15, 0.2) is 18.2 Å². The van der Waals surface area contributed by atoms with Crippen LogP contribution in [0.1, 0.15) is 30.9 Å². The molecule has 1 N–H and O–H groups in total. The number of amides is 1. The van der Waals surface area contributed by atoms with Crippen LogP contribution in [-0.4, -0.2) is 28.9 Å². The van der Waals surface area contributed by atoms with Gasteiger partial charge in [0.05, 0.1) is 12.0 Å². The molecule has 6 heteroatoms. The Morgan fingerprint density at radius 1 is 1.40 bits per heavy atom. The van der Waals surface area contributed by atoms with Gasteiger partial charge in [0.15, 0.2) is 11.6 Å². The number of carbonyl (C=O) groups excluding carboxylic acids is 1. The van der Waals surface area contributed by atoms with Crippen LogP contribution in [0.2, 0.25) is 0 Å². The molecule has 20 heavy (non-hydrogen) atoms. The average molecular weight is 283 g/mol. The van der Waals surface area contributed by atoms with E-state index in [0.29, 0.717) is 6.42 Å². The number of benzene rings is 1. The normalized spacial score (nSPS) is 23.6. The van der Waals surface area contributed by atoms with Gasteiger partial charge in [0.25, 0.3) is 0 Å². The van der Waals surface area contributed by atoms with Crippen LogP contribution in [0.3, 0.4) is 0 Å². The topological polar surface area (TPSA) is 57.6 Å². The summed E-state index contributed by atoms with van der Waals surface area (Å²) < 4.78 is 27.3. The predicted molar refractivity (Wildman–Crippen MR) is 66.8 cm³/mol. The lowest BCUT2D eigenvalue weighted by atomic mass is 9.89. The zero-order valence-corrected chi connectivity index (χ0v) is 11.0. The molecule has 0 saturated carbocycles. The highest BCUT2D eigenvalue weighted by molar-refractivity contribution is 5.79. The first kappa shape index (κ1) is 14.4. The molecule has 0 spiro atoms. The molecular formula is C14H15F2NO3. The van der Waals surface area contributed by atoms with Gasteiger partial charge in [-0.15, -0.1) is 0 Å². The molecule has 2 rings (SSSR count). The maximum absolute atomic E-state index is 14.0. The van der Waals surface area contributed by atoms with Crippen molar-refractivity contribution in [2.75, 3.05) is 7.05 Å². The van der Waals surface area contributed by atoms with Crippen LogP contribution < -0.4 is 0 Å². The Morgan fingerprint density at radius 3 is 2.75 bits per heavy atom. The Balaban J connectivity index is 2.53. The first-order valence-electron chi connectivity index (χ1n) is 6.36. The molecule has 2 unspecified atom stereocenters. The summed E-state index contributed by atoms with van der Waals surface area (Å²) in [6.45, 7) is 0. The van der Waals surface area contributed by atoms with Crippen LogP contribution in [-0.2, 0) is 9.59 Å². The molecule has 1 aliphatic heterocycles. The van der Waals surface area contributed by atoms with Gasteiger partial charge < -0.3 is 10.0 Å². The van der Waals surface area contributed by atoms with E-state index in [1.54, 1.807) is 0 Å². The van der Waals surface area contributed by atoms with E-state index in [0.717, 1.165) is 6.07 Å². The van der Waals surface area contributed by atoms with Gasteiger partial charge in [0, 0.05) is 19.0 Å². The number of rotatable bonds is 2. The second kappa shape index (κ2) is 5.56. The molecule has 1 aromatic rings. The summed E-state index contributed by atoms with van der Waals surface area (Å²) in [5, 5.41) is 9.31. The molecule has 108 valence electrons. The molecule has 0 aliphatic carbocycles. The van der Waals surface area contributed by atoms with Crippen molar-refractivity contribution in [3.05, 3.63) is 35.4 Å². The summed E-state index contributed by atoms with van der Waals surface area (Å²) >= 11 is 0. The zero-order valence-electron chi connectivity index (χ0n) is 11.0. The van der Waals surface area contributed by atoms with Crippen LogP contribution in [0.5, 0.6) is 0 Å². The summed E-state index contributed by atoms with van der Waals surface area (Å²) in [4.78, 5) is 24.5. The molecule has 1 amide bonds. The third-order valence-electron chi connectivity index (χ3n) is 3.71. The van der Waals surface area contributed by atoms with E-state index < -0.39 is 29.6 Å². The van der Waals surface area contributed by atoms with Gasteiger partial charge >= 0.3 is 5.97 Å². The van der Waals surface area contributed by atoms with Crippen molar-refractivity contribution in [2.45, 2.75) is 25.3 Å². The van der Waals surface area contributed by atoms with Gasteiger partial charge in [0.2, 0.25) is 5.91 Å². The number of carbonyl (C=O) groups is 2. The zero-order chi connectivity index (χ0) is 14.9. The van der Waals surface area contributed by atoms with E-state index in [4.69, 9.17) is 0 Å². The Labute approximate surface area is 115 Å². The molecule has 2 atom stereocenters. The van der Waals surface area contributed by atoms with Gasteiger partial charge in [-0.25, -0.2) is 8.78 Å². The maximum atomic E-state index is 14.0. The number of halogens is 2. The Kier molecular flexibility index (Phi) is 4.01. The molecular weight excluding hydrogens is 268 g/mol. The van der Waals surface area contributed by atoms with E-state index in [9.17, 15) is 23.5 Å². The van der Waals surface area contributed by atoms with Crippen molar-refractivity contribution in [3.63, 3.8) is 0 Å². The second-order valence-corrected chi connectivity index (χ2v) is 4.93. The van der Waals surface area contributed by atoms with Crippen molar-refractivity contribution in [1.82, 2.24) is 4.90 Å². The molecule has 1 aliphatic rings. The summed E-state index contributed by atoms with van der Waals surface area (Å²) in [5.41, 5.74) is -0.0878. The molecule has 1 saturated heterocycles. The first-order chi connectivity index (χ1) is 9.43. The van der Waals surface area contributed by atoms with Gasteiger partial charge in [-0.05, 0) is 18.9 Å². The van der Waals surface area contributed by atoms with Crippen molar-refractivity contribution >= 4 is 11.9 Å². The lowest BCUT2D eigenvalue weighted by molar-refractivity contribution is -0.145. The molecule has 0 aromatic heterocycles. The third-order valence-corrected chi connectivity index (χ3v) is 3.71. The summed E-state index contributed by atoms with van der Waals surface area (Å²) in [6.07, 6.45) is 0.896. The minimum Gasteiger partial charge on any atom is -0.481 e. The standard InChI is InChI=1S/C14H15F2NO3/c1-17-11(18)7-3-5-9(14(19)20)13(17)8-4-2-6-10(15)12(8)16/h2,4,6,9,13H,3,5,7H2,1H3,(H,19,20). The molecule has 1 heterocycles. The summed E-state index contributed by atoms with van der Waals surface area (Å²) in [7, 11) is 1.43. The number of hydrogen-bond acceptors (Lipinski definition) is 2. The Morgan fingerprint density at radius 2 is 2.10 bits per heavy atom. The fourth-order valence-corrected chi connectivity index (χ4v) is 2.67. The van der Waals surface area contributed by atoms with Crippen LogP contribution in [0.4, 0.5) is 8.78 Å². The number of hydrogen-bond donors (Lipinski definition) is 1. The largest absolute Gasteiger partial charge is 0.481 e. The monoisotopic (exact) mass is 283 g/mol. The van der Waals surface area contributed by atoms with E-state index in [2.05, 4.69) is 0 Å². The number of likely N-dealkylation sites (tertiary alicyclic amines) is 1. The highest BCUT2D eigenvalue weighted by Crippen LogP contribution is 2.36. The Bertz CT molecular complexity index is 547. The van der Waals surface area contributed by atoms with E-state index in [1.165, 1.54) is 24.1 Å². The van der Waals surface area contributed by atoms with Crippen LogP contribution in [0, 0.1) is 17.6 Å². The van der Waals surface area contributed by atoms with Gasteiger partial charge in [0.1, 0.15) is 0 Å². The molecule has 1 fully saturated rings. The van der Waals surface area contributed by atoms with E-state index >= 15 is 0 Å². The van der Waals surface area contributed by atoms with Gasteiger partial charge in [-0.3, -0.25) is 9.59 Å². The Hall–Kier alpha value is -1.98. The fourth-order valence-electron chi connectivity index (χ4n) is 2.67. The molecule has 0 bridgehead atoms. The van der Waals surface area contributed by atoms with Gasteiger partial charge in [-0.2, -0.15) is 0 Å². The fraction of sp³-hybridized carbons (Fsp3) is 0.429. The van der Waals surface area contributed by atoms with Crippen molar-refractivity contribution in [3.8, 4) is 0 Å². The molecule has 1 aromatic carbocycles. The van der Waals surface area contributed by atoms with Crippen molar-refractivity contribution in [1.29, 1.82) is 0 Å². The highest BCUT2D eigenvalue weighted by Gasteiger charge is 2.38. The lowest BCUT2D eigenvalue weighted by Gasteiger charge is -2.31. The number of carboxylic acids is 1. The average Bonchev–Trinajstić information content (AvgIpc) is 2.54. The van der Waals surface area contributed by atoms with E-state index in [1.807, 2.05) is 0 Å². The highest BCUT2D eigenvalue weighted by atomic mass is 19.2.